The van der Waals surface area contributed by atoms with Gasteiger partial charge in [0.15, 0.2) is 0 Å². The number of rotatable bonds is 4. The number of carbonyl (C=O) groups is 1. The second-order valence-electron chi connectivity index (χ2n) is 4.95. The van der Waals surface area contributed by atoms with Crippen LogP contribution in [0.4, 0.5) is 4.39 Å². The van der Waals surface area contributed by atoms with E-state index in [0.717, 1.165) is 5.56 Å². The zero-order chi connectivity index (χ0) is 13.9. The topological polar surface area (TPSA) is 46.3 Å². The van der Waals surface area contributed by atoms with Crippen LogP contribution in [0.2, 0.25) is 0 Å². The number of halogens is 1. The second-order valence-corrected chi connectivity index (χ2v) is 4.95. The van der Waals surface area contributed by atoms with Gasteiger partial charge in [-0.1, -0.05) is 26.0 Å². The molecule has 1 aromatic carbocycles. The van der Waals surface area contributed by atoms with Crippen LogP contribution in [0.1, 0.15) is 32.4 Å². The van der Waals surface area contributed by atoms with Crippen LogP contribution in [0.15, 0.2) is 24.3 Å². The van der Waals surface area contributed by atoms with E-state index in [4.69, 9.17) is 5.73 Å². The molecule has 0 radical (unpaired) electrons. The molecule has 0 heterocycles. The third-order valence-corrected chi connectivity index (χ3v) is 3.28. The molecule has 0 spiro atoms. The van der Waals surface area contributed by atoms with Gasteiger partial charge < -0.3 is 10.6 Å². The van der Waals surface area contributed by atoms with Crippen LogP contribution in [0.3, 0.4) is 0 Å². The Balaban J connectivity index is 2.80. The molecule has 0 aliphatic rings. The van der Waals surface area contributed by atoms with Crippen molar-refractivity contribution in [3.05, 3.63) is 35.6 Å². The lowest BCUT2D eigenvalue weighted by Gasteiger charge is -2.29. The van der Waals surface area contributed by atoms with E-state index >= 15 is 0 Å². The van der Waals surface area contributed by atoms with Gasteiger partial charge >= 0.3 is 0 Å². The Morgan fingerprint density at radius 1 is 1.22 bits per heavy atom. The molecular formula is C14H21FN2O. The highest BCUT2D eigenvalue weighted by Gasteiger charge is 2.24. The fourth-order valence-corrected chi connectivity index (χ4v) is 1.68. The van der Waals surface area contributed by atoms with Gasteiger partial charge in [0.1, 0.15) is 5.82 Å². The molecule has 0 aliphatic carbocycles. The molecule has 0 unspecified atom stereocenters. The van der Waals surface area contributed by atoms with Crippen LogP contribution < -0.4 is 5.73 Å². The highest BCUT2D eigenvalue weighted by Crippen LogP contribution is 2.20. The molecule has 3 nitrogen and oxygen atoms in total. The van der Waals surface area contributed by atoms with E-state index in [2.05, 4.69) is 0 Å². The van der Waals surface area contributed by atoms with Gasteiger partial charge in [0.25, 0.3) is 0 Å². The molecule has 1 aromatic rings. The molecule has 0 aromatic heterocycles. The molecule has 0 saturated carbocycles. The normalized spacial score (nSPS) is 14.4. The van der Waals surface area contributed by atoms with E-state index in [1.165, 1.54) is 12.1 Å². The van der Waals surface area contributed by atoms with E-state index in [0.29, 0.717) is 0 Å². The van der Waals surface area contributed by atoms with Crippen LogP contribution in [-0.2, 0) is 4.79 Å². The SMILES string of the molecule is CC(C)[C@H](N)C(=O)N(C)[C@@H](C)c1ccc(F)cc1. The summed E-state index contributed by atoms with van der Waals surface area (Å²) >= 11 is 0. The zero-order valence-corrected chi connectivity index (χ0v) is 11.4. The molecule has 0 fully saturated rings. The summed E-state index contributed by atoms with van der Waals surface area (Å²) in [7, 11) is 1.72. The molecule has 18 heavy (non-hydrogen) atoms. The predicted octanol–water partition coefficient (Wildman–Crippen LogP) is 2.33. The van der Waals surface area contributed by atoms with Gasteiger partial charge in [0.2, 0.25) is 5.91 Å². The number of benzene rings is 1. The summed E-state index contributed by atoms with van der Waals surface area (Å²) in [6, 6.07) is 5.54. The van der Waals surface area contributed by atoms with Gasteiger partial charge in [-0.15, -0.1) is 0 Å². The Bertz CT molecular complexity index is 403. The van der Waals surface area contributed by atoms with Crippen molar-refractivity contribution < 1.29 is 9.18 Å². The maximum Gasteiger partial charge on any atom is 0.239 e. The summed E-state index contributed by atoms with van der Waals surface area (Å²) in [5.41, 5.74) is 6.74. The van der Waals surface area contributed by atoms with E-state index in [-0.39, 0.29) is 23.7 Å². The van der Waals surface area contributed by atoms with Crippen molar-refractivity contribution in [1.29, 1.82) is 0 Å². The van der Waals surface area contributed by atoms with Gasteiger partial charge in [-0.05, 0) is 30.5 Å². The van der Waals surface area contributed by atoms with Gasteiger partial charge in [0, 0.05) is 7.05 Å². The van der Waals surface area contributed by atoms with Crippen LogP contribution in [-0.4, -0.2) is 23.9 Å². The molecular weight excluding hydrogens is 231 g/mol. The average Bonchev–Trinajstić information content (AvgIpc) is 2.36. The number of nitrogens with zero attached hydrogens (tertiary/aromatic N) is 1. The third-order valence-electron chi connectivity index (χ3n) is 3.28. The number of nitrogens with two attached hydrogens (primary N) is 1. The highest BCUT2D eigenvalue weighted by molar-refractivity contribution is 5.82. The standard InChI is InChI=1S/C14H21FN2O/c1-9(2)13(16)14(18)17(4)10(3)11-5-7-12(15)8-6-11/h5-10,13H,16H2,1-4H3/t10-,13-/m0/s1. The second kappa shape index (κ2) is 5.96. The van der Waals surface area contributed by atoms with E-state index < -0.39 is 6.04 Å². The Hall–Kier alpha value is -1.42. The fraction of sp³-hybridized carbons (Fsp3) is 0.500. The Morgan fingerprint density at radius 2 is 1.72 bits per heavy atom. The average molecular weight is 252 g/mol. The van der Waals surface area contributed by atoms with Gasteiger partial charge in [-0.3, -0.25) is 4.79 Å². The van der Waals surface area contributed by atoms with Crippen molar-refractivity contribution in [2.24, 2.45) is 11.7 Å². The number of carbonyl (C=O) groups excluding carboxylic acids is 1. The highest BCUT2D eigenvalue weighted by atomic mass is 19.1. The first-order chi connectivity index (χ1) is 8.34. The molecule has 0 aliphatic heterocycles. The number of amides is 1. The zero-order valence-electron chi connectivity index (χ0n) is 11.4. The summed E-state index contributed by atoms with van der Waals surface area (Å²) in [5.74, 6) is -0.277. The summed E-state index contributed by atoms with van der Waals surface area (Å²) in [5, 5.41) is 0. The van der Waals surface area contributed by atoms with Crippen molar-refractivity contribution in [1.82, 2.24) is 4.90 Å². The summed E-state index contributed by atoms with van der Waals surface area (Å²) in [6.45, 7) is 5.73. The predicted molar refractivity (Wildman–Crippen MR) is 70.4 cm³/mol. The minimum atomic E-state index is -0.502. The van der Waals surface area contributed by atoms with E-state index in [1.807, 2.05) is 20.8 Å². The van der Waals surface area contributed by atoms with Crippen molar-refractivity contribution in [2.45, 2.75) is 32.9 Å². The molecule has 0 bridgehead atoms. The first-order valence-electron chi connectivity index (χ1n) is 6.12. The molecule has 100 valence electrons. The van der Waals surface area contributed by atoms with Crippen molar-refractivity contribution >= 4 is 5.91 Å². The minimum absolute atomic E-state index is 0.0955. The lowest BCUT2D eigenvalue weighted by molar-refractivity contribution is -0.134. The van der Waals surface area contributed by atoms with Crippen LogP contribution in [0.5, 0.6) is 0 Å². The van der Waals surface area contributed by atoms with Crippen molar-refractivity contribution in [2.75, 3.05) is 7.05 Å². The van der Waals surface area contributed by atoms with Crippen LogP contribution in [0, 0.1) is 11.7 Å². The number of likely N-dealkylation sites (N-methyl/N-ethyl adjacent to an activating group) is 1. The maximum absolute atomic E-state index is 12.8. The number of hydrogen-bond acceptors (Lipinski definition) is 2. The third kappa shape index (κ3) is 3.29. The summed E-state index contributed by atoms with van der Waals surface area (Å²) < 4.78 is 12.8. The van der Waals surface area contributed by atoms with Crippen LogP contribution >= 0.6 is 0 Å². The van der Waals surface area contributed by atoms with Gasteiger partial charge in [0.05, 0.1) is 12.1 Å². The van der Waals surface area contributed by atoms with Gasteiger partial charge in [-0.2, -0.15) is 0 Å². The molecule has 1 rings (SSSR count). The largest absolute Gasteiger partial charge is 0.338 e. The van der Waals surface area contributed by atoms with Crippen LogP contribution in [0.25, 0.3) is 0 Å². The Morgan fingerprint density at radius 3 is 2.17 bits per heavy atom. The van der Waals surface area contributed by atoms with E-state index in [1.54, 1.807) is 24.1 Å². The molecule has 1 amide bonds. The molecule has 0 saturated heterocycles. The quantitative estimate of drug-likeness (QED) is 0.894. The maximum atomic E-state index is 12.8. The monoisotopic (exact) mass is 252 g/mol. The lowest BCUT2D eigenvalue weighted by atomic mass is 10.0. The summed E-state index contributed by atoms with van der Waals surface area (Å²) in [4.78, 5) is 13.7. The molecule has 2 atom stereocenters. The van der Waals surface area contributed by atoms with Crippen molar-refractivity contribution in [3.63, 3.8) is 0 Å². The summed E-state index contributed by atoms with van der Waals surface area (Å²) in [6.07, 6.45) is 0. The van der Waals surface area contributed by atoms with Crippen molar-refractivity contribution in [3.8, 4) is 0 Å². The molecule has 2 N–H and O–H groups in total. The number of hydrogen-bond donors (Lipinski definition) is 1. The minimum Gasteiger partial charge on any atom is -0.338 e. The lowest BCUT2D eigenvalue weighted by Crippen LogP contribution is -2.45. The Kier molecular flexibility index (Phi) is 4.84. The molecule has 4 heteroatoms. The Labute approximate surface area is 108 Å². The first-order valence-corrected chi connectivity index (χ1v) is 6.12. The van der Waals surface area contributed by atoms with Gasteiger partial charge in [-0.25, -0.2) is 4.39 Å². The smallest absolute Gasteiger partial charge is 0.239 e. The van der Waals surface area contributed by atoms with E-state index in [9.17, 15) is 9.18 Å². The first kappa shape index (κ1) is 14.6. The fourth-order valence-electron chi connectivity index (χ4n) is 1.68.